The first-order chi connectivity index (χ1) is 18.7. The lowest BCUT2D eigenvalue weighted by Crippen LogP contribution is -2.16. The number of benzene rings is 1. The average molecular weight is 593 g/mol. The van der Waals surface area contributed by atoms with Crippen molar-refractivity contribution in [3.8, 4) is 5.75 Å². The van der Waals surface area contributed by atoms with Crippen LogP contribution in [0.1, 0.15) is 43.4 Å². The summed E-state index contributed by atoms with van der Waals surface area (Å²) < 4.78 is 17.4. The van der Waals surface area contributed by atoms with E-state index in [0.29, 0.717) is 41.7 Å². The third-order valence-corrected chi connectivity index (χ3v) is 7.93. The van der Waals surface area contributed by atoms with Crippen LogP contribution in [0.15, 0.2) is 36.0 Å². The summed E-state index contributed by atoms with van der Waals surface area (Å²) in [5.41, 5.74) is 1.47. The molecule has 10 nitrogen and oxygen atoms in total. The number of hydrogen-bond donors (Lipinski definition) is 1. The monoisotopic (exact) mass is 592 g/mol. The Kier molecular flexibility index (Phi) is 11.0. The van der Waals surface area contributed by atoms with E-state index in [0.717, 1.165) is 28.5 Å². The van der Waals surface area contributed by atoms with Gasteiger partial charge in [0.2, 0.25) is 5.91 Å². The van der Waals surface area contributed by atoms with E-state index in [9.17, 15) is 14.4 Å². The number of nitrogens with zero attached hydrogens (tertiary/aromatic N) is 3. The number of ether oxygens (including phenoxy) is 3. The van der Waals surface area contributed by atoms with Crippen LogP contribution in [0.2, 0.25) is 5.02 Å². The smallest absolute Gasteiger partial charge is 0.348 e. The Morgan fingerprint density at radius 3 is 2.59 bits per heavy atom. The lowest BCUT2D eigenvalue weighted by atomic mass is 10.1. The van der Waals surface area contributed by atoms with E-state index in [2.05, 4.69) is 22.1 Å². The first kappa shape index (κ1) is 30.2. The zero-order valence-corrected chi connectivity index (χ0v) is 24.4. The van der Waals surface area contributed by atoms with E-state index in [-0.39, 0.29) is 27.1 Å². The van der Waals surface area contributed by atoms with Gasteiger partial charge in [0, 0.05) is 18.0 Å². The maximum absolute atomic E-state index is 12.8. The number of methoxy groups -OCH3 is 2. The number of aryl methyl sites for hydroxylation is 2. The van der Waals surface area contributed by atoms with Crippen molar-refractivity contribution in [2.24, 2.45) is 0 Å². The number of carbonyl (C=O) groups is 3. The molecule has 3 aromatic rings. The Balaban J connectivity index is 1.62. The number of esters is 2. The van der Waals surface area contributed by atoms with Crippen LogP contribution in [0, 0.1) is 13.8 Å². The summed E-state index contributed by atoms with van der Waals surface area (Å²) in [4.78, 5) is 37.4. The fourth-order valence-electron chi connectivity index (χ4n) is 3.64. The molecule has 1 aromatic carbocycles. The number of rotatable bonds is 13. The quantitative estimate of drug-likeness (QED) is 0.125. The van der Waals surface area contributed by atoms with Crippen molar-refractivity contribution in [2.45, 2.75) is 38.4 Å². The zero-order chi connectivity index (χ0) is 28.5. The summed E-state index contributed by atoms with van der Waals surface area (Å²) in [5, 5.41) is 12.7. The minimum atomic E-state index is -0.660. The highest BCUT2D eigenvalue weighted by Gasteiger charge is 2.27. The molecule has 2 aromatic heterocycles. The normalized spacial score (nSPS) is 10.7. The van der Waals surface area contributed by atoms with Crippen LogP contribution in [0.25, 0.3) is 0 Å². The van der Waals surface area contributed by atoms with Crippen molar-refractivity contribution in [1.29, 1.82) is 0 Å². The predicted octanol–water partition coefficient (Wildman–Crippen LogP) is 5.11. The molecule has 0 saturated carbocycles. The van der Waals surface area contributed by atoms with Gasteiger partial charge in [-0.15, -0.1) is 28.1 Å². The molecule has 2 heterocycles. The second-order valence-corrected chi connectivity index (χ2v) is 10.6. The van der Waals surface area contributed by atoms with E-state index < -0.39 is 11.9 Å². The number of hydrogen-bond acceptors (Lipinski definition) is 10. The fraction of sp³-hybridized carbons (Fsp3) is 0.346. The Bertz CT molecular complexity index is 1370. The van der Waals surface area contributed by atoms with Gasteiger partial charge >= 0.3 is 11.9 Å². The first-order valence-corrected chi connectivity index (χ1v) is 14.0. The first-order valence-electron chi connectivity index (χ1n) is 11.8. The number of thioether (sulfide) groups is 1. The molecule has 0 aliphatic carbocycles. The number of aromatic nitrogens is 3. The van der Waals surface area contributed by atoms with E-state index in [4.69, 9.17) is 25.8 Å². The van der Waals surface area contributed by atoms with Crippen molar-refractivity contribution in [3.05, 3.63) is 63.3 Å². The number of anilines is 1. The molecule has 0 fully saturated rings. The Morgan fingerprint density at radius 2 is 1.92 bits per heavy atom. The molecule has 13 heteroatoms. The third-order valence-electron chi connectivity index (χ3n) is 5.54. The molecule has 3 rings (SSSR count). The van der Waals surface area contributed by atoms with Crippen LogP contribution in [-0.4, -0.2) is 59.2 Å². The molecular weight excluding hydrogens is 564 g/mol. The molecular formula is C26H29ClN4O6S2. The molecule has 39 heavy (non-hydrogen) atoms. The lowest BCUT2D eigenvalue weighted by Gasteiger charge is -2.10. The molecule has 0 unspecified atom stereocenters. The van der Waals surface area contributed by atoms with Crippen molar-refractivity contribution < 1.29 is 28.6 Å². The van der Waals surface area contributed by atoms with Gasteiger partial charge in [-0.05, 0) is 49.6 Å². The van der Waals surface area contributed by atoms with Crippen LogP contribution >= 0.6 is 34.7 Å². The zero-order valence-electron chi connectivity index (χ0n) is 22.0. The summed E-state index contributed by atoms with van der Waals surface area (Å²) in [7, 11) is 2.48. The second kappa shape index (κ2) is 14.2. The van der Waals surface area contributed by atoms with Gasteiger partial charge in [0.05, 0.1) is 32.1 Å². The van der Waals surface area contributed by atoms with Gasteiger partial charge in [0.25, 0.3) is 0 Å². The van der Waals surface area contributed by atoms with Crippen LogP contribution in [0.4, 0.5) is 5.00 Å². The summed E-state index contributed by atoms with van der Waals surface area (Å²) in [5.74, 6) is -0.115. The molecule has 0 saturated heterocycles. The van der Waals surface area contributed by atoms with E-state index in [1.165, 1.54) is 26.0 Å². The fourth-order valence-corrected chi connectivity index (χ4v) is 5.76. The highest BCUT2D eigenvalue weighted by Crippen LogP contribution is 2.34. The lowest BCUT2D eigenvalue weighted by molar-refractivity contribution is -0.113. The summed E-state index contributed by atoms with van der Waals surface area (Å²) in [6.07, 6.45) is 3.06. The van der Waals surface area contributed by atoms with E-state index in [1.807, 2.05) is 23.6 Å². The Hall–Kier alpha value is -3.35. The van der Waals surface area contributed by atoms with Crippen LogP contribution in [-0.2, 0) is 27.2 Å². The number of nitrogens with one attached hydrogen (secondary N) is 1. The third kappa shape index (κ3) is 7.61. The summed E-state index contributed by atoms with van der Waals surface area (Å²) in [6.45, 7) is 8.31. The SMILES string of the molecule is C=CCn1c(CCCOc2ccc(Cl)cc2C)nnc1SCC(=O)Nc1sc(C(=O)OC)c(C)c1C(=O)OC. The Morgan fingerprint density at radius 1 is 1.18 bits per heavy atom. The number of carbonyl (C=O) groups excluding carboxylic acids is 3. The number of amides is 1. The second-order valence-electron chi connectivity index (χ2n) is 8.24. The molecule has 0 bridgehead atoms. The number of halogens is 1. The molecule has 0 spiro atoms. The van der Waals surface area contributed by atoms with Gasteiger partial charge in [-0.25, -0.2) is 9.59 Å². The van der Waals surface area contributed by atoms with Gasteiger partial charge in [0.1, 0.15) is 21.5 Å². The topological polar surface area (TPSA) is 122 Å². The number of allylic oxidation sites excluding steroid dienone is 1. The minimum absolute atomic E-state index is 0.000646. The largest absolute Gasteiger partial charge is 0.493 e. The van der Waals surface area contributed by atoms with Gasteiger partial charge in [0.15, 0.2) is 5.16 Å². The van der Waals surface area contributed by atoms with Crippen LogP contribution in [0.3, 0.4) is 0 Å². The van der Waals surface area contributed by atoms with Gasteiger partial charge in [-0.1, -0.05) is 29.4 Å². The molecule has 0 aliphatic rings. The van der Waals surface area contributed by atoms with Crippen LogP contribution < -0.4 is 10.1 Å². The van der Waals surface area contributed by atoms with Crippen molar-refractivity contribution in [2.75, 3.05) is 31.9 Å². The minimum Gasteiger partial charge on any atom is -0.493 e. The molecule has 1 N–H and O–H groups in total. The highest BCUT2D eigenvalue weighted by atomic mass is 35.5. The van der Waals surface area contributed by atoms with Gasteiger partial charge in [-0.3, -0.25) is 4.79 Å². The highest BCUT2D eigenvalue weighted by molar-refractivity contribution is 7.99. The van der Waals surface area contributed by atoms with Gasteiger partial charge in [-0.2, -0.15) is 0 Å². The number of thiophene rings is 1. The van der Waals surface area contributed by atoms with Crippen molar-refractivity contribution >= 4 is 57.5 Å². The van der Waals surface area contributed by atoms with Crippen LogP contribution in [0.5, 0.6) is 5.75 Å². The molecule has 0 radical (unpaired) electrons. The molecule has 1 amide bonds. The molecule has 0 atom stereocenters. The Labute approximate surface area is 239 Å². The van der Waals surface area contributed by atoms with Crippen molar-refractivity contribution in [1.82, 2.24) is 14.8 Å². The van der Waals surface area contributed by atoms with Crippen molar-refractivity contribution in [3.63, 3.8) is 0 Å². The summed E-state index contributed by atoms with van der Waals surface area (Å²) >= 11 is 8.16. The molecule has 208 valence electrons. The standard InChI is InChI=1S/C26H29ClN4O6S2/c1-6-11-31-19(8-7-12-37-18-10-9-17(27)13-15(18)2)29-30-26(31)38-14-20(32)28-23-21(24(33)35-4)16(3)22(39-23)25(34)36-5/h6,9-10,13H,1,7-8,11-12,14H2,2-5H3,(H,28,32). The van der Waals surface area contributed by atoms with E-state index >= 15 is 0 Å². The maximum Gasteiger partial charge on any atom is 0.348 e. The van der Waals surface area contributed by atoms with Gasteiger partial charge < -0.3 is 24.1 Å². The average Bonchev–Trinajstić information content (AvgIpc) is 3.45. The molecule has 0 aliphatic heterocycles. The summed E-state index contributed by atoms with van der Waals surface area (Å²) in [6, 6.07) is 5.49. The maximum atomic E-state index is 12.8. The van der Waals surface area contributed by atoms with E-state index in [1.54, 1.807) is 19.1 Å². The predicted molar refractivity (Wildman–Crippen MR) is 151 cm³/mol.